The summed E-state index contributed by atoms with van der Waals surface area (Å²) < 4.78 is 29.0. The summed E-state index contributed by atoms with van der Waals surface area (Å²) in [5.41, 5.74) is 1.26. The molecule has 1 aromatic rings. The molecular formula is C15H23NO2S3. The topological polar surface area (TPSA) is 48.2 Å². The Hall–Kier alpha value is -0.170. The largest absolute Gasteiger partial charge is 0.312 e. The van der Waals surface area contributed by atoms with E-state index in [0.717, 1.165) is 22.2 Å². The third-order valence-corrected chi connectivity index (χ3v) is 9.36. The number of hydrogen-bond acceptors (Lipinski definition) is 3. The van der Waals surface area contributed by atoms with Gasteiger partial charge in [-0.05, 0) is 24.5 Å². The summed E-state index contributed by atoms with van der Waals surface area (Å²) in [6, 6.07) is 6.93. The highest BCUT2D eigenvalue weighted by molar-refractivity contribution is 8.22. The molecule has 1 heterocycles. The number of aryl methyl sites for hydroxylation is 1. The van der Waals surface area contributed by atoms with Crippen LogP contribution in [0.3, 0.4) is 0 Å². The Morgan fingerprint density at radius 2 is 1.86 bits per heavy atom. The van der Waals surface area contributed by atoms with Crippen molar-refractivity contribution < 1.29 is 8.42 Å². The highest BCUT2D eigenvalue weighted by Gasteiger charge is 2.34. The molecule has 1 saturated heterocycles. The summed E-state index contributed by atoms with van der Waals surface area (Å²) in [7, 11) is -3.52. The molecule has 6 heteroatoms. The minimum Gasteiger partial charge on any atom is -0.312 e. The summed E-state index contributed by atoms with van der Waals surface area (Å²) in [4.78, 5) is 0.309. The fourth-order valence-corrected chi connectivity index (χ4v) is 8.47. The van der Waals surface area contributed by atoms with Crippen molar-refractivity contribution in [2.45, 2.75) is 32.6 Å². The van der Waals surface area contributed by atoms with E-state index >= 15 is 0 Å². The van der Waals surface area contributed by atoms with Gasteiger partial charge >= 0.3 is 0 Å². The molecular weight excluding hydrogens is 322 g/mol. The van der Waals surface area contributed by atoms with Gasteiger partial charge in [-0.1, -0.05) is 49.5 Å². The van der Waals surface area contributed by atoms with Crippen molar-refractivity contribution in [3.63, 3.8) is 0 Å². The van der Waals surface area contributed by atoms with E-state index in [1.165, 1.54) is 0 Å². The maximum atomic E-state index is 12.4. The lowest BCUT2D eigenvalue weighted by molar-refractivity contribution is 0.292. The van der Waals surface area contributed by atoms with Crippen molar-refractivity contribution in [1.29, 1.82) is 0 Å². The standard InChI is InChI=1S/C15H23NO2S3/c1-12-5-7-14(8-6-12)21(17,18)16-20-10-13(9-19-11-20)15(2,3)4/h5-8,13H,9-11H2,1-4H3/t13-,20?/m1/s1. The highest BCUT2D eigenvalue weighted by Crippen LogP contribution is 2.38. The number of nitrogens with zero attached hydrogens (tertiary/aromatic N) is 1. The van der Waals surface area contributed by atoms with Gasteiger partial charge < -0.3 is 4.13 Å². The number of hydrogen-bond donors (Lipinski definition) is 0. The molecule has 118 valence electrons. The van der Waals surface area contributed by atoms with Crippen LogP contribution in [0.2, 0.25) is 0 Å². The zero-order valence-corrected chi connectivity index (χ0v) is 15.4. The normalized spacial score (nSPS) is 24.0. The van der Waals surface area contributed by atoms with E-state index in [2.05, 4.69) is 24.9 Å². The second-order valence-corrected chi connectivity index (χ2v) is 11.5. The summed E-state index contributed by atoms with van der Waals surface area (Å²) in [5, 5.41) is 0.831. The molecule has 2 atom stereocenters. The Kier molecular flexibility index (Phi) is 5.34. The number of sulfonamides is 1. The number of rotatable bonds is 3. The zero-order chi connectivity index (χ0) is 15.7. The Bertz CT molecular complexity index is 576. The maximum Gasteiger partial charge on any atom is 0.142 e. The van der Waals surface area contributed by atoms with E-state index in [-0.39, 0.29) is 5.41 Å². The summed E-state index contributed by atoms with van der Waals surface area (Å²) in [6.07, 6.45) is 0. The van der Waals surface area contributed by atoms with Crippen molar-refractivity contribution in [3.8, 4) is 0 Å². The van der Waals surface area contributed by atoms with Crippen LogP contribution in [0.4, 0.5) is 0 Å². The average Bonchev–Trinajstić information content (AvgIpc) is 2.38. The van der Waals surface area contributed by atoms with E-state index in [9.17, 15) is 8.42 Å². The first-order valence-electron chi connectivity index (χ1n) is 6.98. The predicted octanol–water partition coefficient (Wildman–Crippen LogP) is 3.96. The van der Waals surface area contributed by atoms with E-state index < -0.39 is 21.1 Å². The van der Waals surface area contributed by atoms with Crippen LogP contribution in [0, 0.1) is 18.3 Å². The second kappa shape index (κ2) is 6.52. The zero-order valence-electron chi connectivity index (χ0n) is 13.0. The van der Waals surface area contributed by atoms with Crippen LogP contribution in [0.25, 0.3) is 4.13 Å². The Morgan fingerprint density at radius 1 is 1.24 bits per heavy atom. The van der Waals surface area contributed by atoms with Crippen molar-refractivity contribution in [2.75, 3.05) is 16.6 Å². The van der Waals surface area contributed by atoms with Gasteiger partial charge in [-0.25, -0.2) is 8.42 Å². The van der Waals surface area contributed by atoms with Gasteiger partial charge in [-0.2, -0.15) is 0 Å². The van der Waals surface area contributed by atoms with Gasteiger partial charge in [0.15, 0.2) is 0 Å². The molecule has 1 aliphatic heterocycles. The van der Waals surface area contributed by atoms with Gasteiger partial charge in [-0.3, -0.25) is 0 Å². The highest BCUT2D eigenvalue weighted by atomic mass is 32.3. The first-order chi connectivity index (χ1) is 9.68. The van der Waals surface area contributed by atoms with Crippen molar-refractivity contribution in [3.05, 3.63) is 34.0 Å². The minimum absolute atomic E-state index is 0.210. The van der Waals surface area contributed by atoms with Gasteiger partial charge in [0, 0.05) is 11.7 Å². The Labute approximate surface area is 135 Å². The van der Waals surface area contributed by atoms with Crippen LogP contribution in [0.1, 0.15) is 26.3 Å². The second-order valence-electron chi connectivity index (χ2n) is 6.54. The van der Waals surface area contributed by atoms with Gasteiger partial charge in [0.1, 0.15) is 20.9 Å². The van der Waals surface area contributed by atoms with Crippen LogP contribution in [-0.2, 0) is 21.1 Å². The molecule has 1 fully saturated rings. The van der Waals surface area contributed by atoms with E-state index in [1.54, 1.807) is 12.1 Å². The van der Waals surface area contributed by atoms with E-state index in [1.807, 2.05) is 30.8 Å². The molecule has 1 aliphatic rings. The van der Waals surface area contributed by atoms with Gasteiger partial charge in [0.05, 0.1) is 4.90 Å². The SMILES string of the molecule is Cc1ccc(S(=O)(=O)[N-][S+]2CSC[C@@H](C(C)(C)C)C2)cc1. The molecule has 2 rings (SSSR count). The molecule has 0 aliphatic carbocycles. The molecule has 0 amide bonds. The van der Waals surface area contributed by atoms with Crippen molar-refractivity contribution in [1.82, 2.24) is 0 Å². The molecule has 0 aromatic heterocycles. The number of benzene rings is 1. The Morgan fingerprint density at radius 3 is 2.43 bits per heavy atom. The quantitative estimate of drug-likeness (QED) is 0.779. The van der Waals surface area contributed by atoms with E-state index in [4.69, 9.17) is 0 Å². The first kappa shape index (κ1) is 17.2. The lowest BCUT2D eigenvalue weighted by Gasteiger charge is -2.36. The van der Waals surface area contributed by atoms with Gasteiger partial charge in [0.25, 0.3) is 0 Å². The molecule has 3 nitrogen and oxygen atoms in total. The van der Waals surface area contributed by atoms with Crippen LogP contribution < -0.4 is 0 Å². The fourth-order valence-electron chi connectivity index (χ4n) is 2.06. The summed E-state index contributed by atoms with van der Waals surface area (Å²) in [5.74, 6) is 2.52. The molecule has 1 unspecified atom stereocenters. The lowest BCUT2D eigenvalue weighted by atomic mass is 9.83. The molecule has 0 bridgehead atoms. The number of thioether (sulfide) groups is 1. The Balaban J connectivity index is 2.08. The van der Waals surface area contributed by atoms with Crippen LogP contribution in [0.15, 0.2) is 29.2 Å². The first-order valence-corrected chi connectivity index (χ1v) is 11.1. The molecule has 0 saturated carbocycles. The maximum absolute atomic E-state index is 12.4. The molecule has 1 aromatic carbocycles. The van der Waals surface area contributed by atoms with Crippen LogP contribution in [0.5, 0.6) is 0 Å². The summed E-state index contributed by atoms with van der Waals surface area (Å²) >= 11 is 1.43. The van der Waals surface area contributed by atoms with Crippen molar-refractivity contribution in [2.24, 2.45) is 11.3 Å². The third-order valence-electron chi connectivity index (χ3n) is 3.68. The predicted molar refractivity (Wildman–Crippen MR) is 94.2 cm³/mol. The minimum atomic E-state index is -3.52. The monoisotopic (exact) mass is 345 g/mol. The van der Waals surface area contributed by atoms with Gasteiger partial charge in [-0.15, -0.1) is 11.8 Å². The van der Waals surface area contributed by atoms with Crippen molar-refractivity contribution >= 4 is 32.9 Å². The van der Waals surface area contributed by atoms with Gasteiger partial charge in [0.2, 0.25) is 0 Å². The fraction of sp³-hybridized carbons (Fsp3) is 0.600. The summed E-state index contributed by atoms with van der Waals surface area (Å²) in [6.45, 7) is 8.61. The average molecular weight is 346 g/mol. The lowest BCUT2D eigenvalue weighted by Crippen LogP contribution is -2.34. The molecule has 0 N–H and O–H groups in total. The molecule has 21 heavy (non-hydrogen) atoms. The molecule has 0 radical (unpaired) electrons. The molecule has 0 spiro atoms. The third kappa shape index (κ3) is 4.65. The smallest absolute Gasteiger partial charge is 0.142 e. The van der Waals surface area contributed by atoms with Crippen LogP contribution >= 0.6 is 11.8 Å². The van der Waals surface area contributed by atoms with Crippen LogP contribution in [-0.4, -0.2) is 25.0 Å². The van der Waals surface area contributed by atoms with E-state index in [0.29, 0.717) is 10.8 Å².